The molecular formula is C56H79N9O14. The van der Waals surface area contributed by atoms with Gasteiger partial charge in [0, 0.05) is 86.7 Å². The normalized spacial score (nSPS) is 17.4. The van der Waals surface area contributed by atoms with E-state index in [1.807, 2.05) is 29.2 Å². The molecule has 2 atom stereocenters. The molecule has 2 fully saturated rings. The Hall–Kier alpha value is -6.47. The van der Waals surface area contributed by atoms with Crippen LogP contribution in [0.5, 0.6) is 5.75 Å². The molecule has 3 aliphatic rings. The number of non-ortho nitro benzene ring substituents is 1. The number of aromatic nitrogens is 1. The fraction of sp³-hybridized carbons (Fsp3) is 0.589. The summed E-state index contributed by atoms with van der Waals surface area (Å²) >= 11 is 0. The van der Waals surface area contributed by atoms with E-state index in [0.717, 1.165) is 69.1 Å². The van der Waals surface area contributed by atoms with Crippen LogP contribution in [0.1, 0.15) is 67.1 Å². The van der Waals surface area contributed by atoms with Crippen LogP contribution in [0, 0.1) is 39.0 Å². The first-order valence-electron chi connectivity index (χ1n) is 27.7. The lowest BCUT2D eigenvalue weighted by molar-refractivity contribution is -0.393. The number of benzene rings is 3. The number of anilines is 2. The SMILES string of the molecule is Cc1ccc2c(c1)NCC21CCN(CCC2CCN(C(=O)c3cc4c(OCCOCCOCCOCCNC(=O)CCC(=O)NCCOCCOCCOCCNc5ccc([N+](=O)[O-])cc5[N+](=O)[O-])cccc4[nH]3)CC2)CC1C. The number of carbonyl (C=O) groups is 3. The highest BCUT2D eigenvalue weighted by Gasteiger charge is 2.46. The van der Waals surface area contributed by atoms with Crippen LogP contribution >= 0.6 is 0 Å². The van der Waals surface area contributed by atoms with Gasteiger partial charge in [-0.25, -0.2) is 0 Å². The monoisotopic (exact) mass is 1100 g/mol. The van der Waals surface area contributed by atoms with Crippen LogP contribution < -0.4 is 26.0 Å². The Bertz CT molecular complexity index is 2610. The Morgan fingerprint density at radius 3 is 1.96 bits per heavy atom. The van der Waals surface area contributed by atoms with Crippen molar-refractivity contribution in [1.29, 1.82) is 0 Å². The van der Waals surface area contributed by atoms with Gasteiger partial charge in [0.25, 0.3) is 17.3 Å². The van der Waals surface area contributed by atoms with Gasteiger partial charge in [-0.2, -0.15) is 0 Å². The Labute approximate surface area is 461 Å². The average Bonchev–Trinajstić information content (AvgIpc) is 4.20. The van der Waals surface area contributed by atoms with E-state index in [9.17, 15) is 34.6 Å². The molecule has 23 nitrogen and oxygen atoms in total. The van der Waals surface area contributed by atoms with Crippen molar-refractivity contribution in [3.63, 3.8) is 0 Å². The van der Waals surface area contributed by atoms with Crippen LogP contribution in [-0.4, -0.2) is 187 Å². The minimum Gasteiger partial charge on any atom is -0.490 e. The fourth-order valence-electron chi connectivity index (χ4n) is 10.5. The molecule has 1 aromatic heterocycles. The molecule has 0 bridgehead atoms. The van der Waals surface area contributed by atoms with Crippen LogP contribution in [0.15, 0.2) is 60.7 Å². The van der Waals surface area contributed by atoms with Crippen LogP contribution in [-0.2, 0) is 43.4 Å². The maximum absolute atomic E-state index is 13.7. The minimum atomic E-state index is -0.694. The second kappa shape index (κ2) is 31.4. The van der Waals surface area contributed by atoms with Crippen molar-refractivity contribution in [3.8, 4) is 5.75 Å². The first-order chi connectivity index (χ1) is 38.4. The Morgan fingerprint density at radius 1 is 0.722 bits per heavy atom. The standard InChI is InChI=1S/C56H79N9O14/c1-41-6-8-46-49(36-41)60-40-56(46)15-22-62(39-42(56)2)19-12-43-13-20-63(21-14-43)55(68)50-38-45-47(61-50)4-3-5-52(45)79-35-34-78-33-32-77-31-28-75-25-18-59-54(67)11-10-53(66)58-17-24-74-27-30-76-29-26-73-23-16-57-48-9-7-44(64(69)70)37-51(48)65(71)72/h3-9,36-38,42-43,57,60-61H,10-35,39-40H2,1-2H3,(H,58,66)(H,59,67). The minimum absolute atomic E-state index is 0.0326. The van der Waals surface area contributed by atoms with Gasteiger partial charge in [-0.3, -0.25) is 34.6 Å². The van der Waals surface area contributed by atoms with Gasteiger partial charge >= 0.3 is 0 Å². The van der Waals surface area contributed by atoms with E-state index in [4.69, 9.17) is 33.2 Å². The largest absolute Gasteiger partial charge is 0.490 e. The number of aromatic amines is 1. The van der Waals surface area contributed by atoms with Gasteiger partial charge in [0.15, 0.2) is 0 Å². The molecule has 4 aromatic rings. The molecule has 0 aliphatic carbocycles. The predicted octanol–water partition coefficient (Wildman–Crippen LogP) is 5.84. The van der Waals surface area contributed by atoms with E-state index in [-0.39, 0.29) is 80.3 Å². The van der Waals surface area contributed by atoms with E-state index in [1.54, 1.807) is 0 Å². The lowest BCUT2D eigenvalue weighted by Gasteiger charge is -2.45. The zero-order valence-electron chi connectivity index (χ0n) is 45.7. The number of carbonyl (C=O) groups excluding carboxylic acids is 3. The molecule has 0 radical (unpaired) electrons. The first kappa shape index (κ1) is 60.2. The summed E-state index contributed by atoms with van der Waals surface area (Å²) in [6.45, 7) is 15.6. The molecule has 7 rings (SSSR count). The van der Waals surface area contributed by atoms with Crippen molar-refractivity contribution in [3.05, 3.63) is 97.7 Å². The Morgan fingerprint density at radius 2 is 1.34 bits per heavy atom. The molecular weight excluding hydrogens is 1020 g/mol. The molecule has 0 saturated carbocycles. The number of piperidine rings is 2. The summed E-state index contributed by atoms with van der Waals surface area (Å²) in [6, 6.07) is 18.0. The number of nitro benzene ring substituents is 2. The Kier molecular flexibility index (Phi) is 23.9. The summed E-state index contributed by atoms with van der Waals surface area (Å²) < 4.78 is 39.2. The maximum Gasteiger partial charge on any atom is 0.299 e. The molecule has 2 saturated heterocycles. The zero-order valence-corrected chi connectivity index (χ0v) is 45.7. The molecule has 1 spiro atoms. The maximum atomic E-state index is 13.7. The number of likely N-dealkylation sites (tertiary alicyclic amines) is 2. The summed E-state index contributed by atoms with van der Waals surface area (Å²) in [7, 11) is 0. The summed E-state index contributed by atoms with van der Waals surface area (Å²) in [4.78, 5) is 66.6. The average molecular weight is 1100 g/mol. The fourth-order valence-corrected chi connectivity index (χ4v) is 10.5. The number of hydrogen-bond acceptors (Lipinski definition) is 17. The number of ether oxygens (including phenoxy) is 7. The van der Waals surface area contributed by atoms with Gasteiger partial charge in [0.1, 0.15) is 23.7 Å². The number of nitrogens with zero attached hydrogens (tertiary/aromatic N) is 4. The third-order valence-corrected chi connectivity index (χ3v) is 14.9. The highest BCUT2D eigenvalue weighted by Crippen LogP contribution is 2.47. The van der Waals surface area contributed by atoms with Crippen molar-refractivity contribution in [2.24, 2.45) is 11.8 Å². The molecule has 4 heterocycles. The highest BCUT2D eigenvalue weighted by molar-refractivity contribution is 5.99. The van der Waals surface area contributed by atoms with Crippen LogP contribution in [0.3, 0.4) is 0 Å². The van der Waals surface area contributed by atoms with Crippen molar-refractivity contribution < 1.29 is 57.4 Å². The number of rotatable bonds is 35. The lowest BCUT2D eigenvalue weighted by Crippen LogP contribution is -2.50. The van der Waals surface area contributed by atoms with Crippen molar-refractivity contribution in [1.82, 2.24) is 25.4 Å². The molecule has 79 heavy (non-hydrogen) atoms. The summed E-state index contributed by atoms with van der Waals surface area (Å²) in [5, 5.41) is 35.0. The van der Waals surface area contributed by atoms with E-state index in [2.05, 4.69) is 63.2 Å². The van der Waals surface area contributed by atoms with E-state index in [1.165, 1.54) is 41.8 Å². The van der Waals surface area contributed by atoms with E-state index < -0.39 is 15.5 Å². The number of hydrogen-bond donors (Lipinski definition) is 5. The molecule has 23 heteroatoms. The van der Waals surface area contributed by atoms with Crippen LogP contribution in [0.4, 0.5) is 22.7 Å². The second-order valence-corrected chi connectivity index (χ2v) is 20.3. The van der Waals surface area contributed by atoms with Gasteiger partial charge in [-0.15, -0.1) is 0 Å². The summed E-state index contributed by atoms with van der Waals surface area (Å²) in [5.74, 6) is 1.43. The third kappa shape index (κ3) is 18.3. The molecule has 2 unspecified atom stereocenters. The van der Waals surface area contributed by atoms with Crippen molar-refractivity contribution >= 4 is 51.4 Å². The number of fused-ring (bicyclic) bond motifs is 3. The van der Waals surface area contributed by atoms with Crippen molar-refractivity contribution in [2.75, 3.05) is 155 Å². The van der Waals surface area contributed by atoms with E-state index >= 15 is 0 Å². The van der Waals surface area contributed by atoms with Gasteiger partial charge in [-0.1, -0.05) is 25.1 Å². The van der Waals surface area contributed by atoms with Gasteiger partial charge in [-0.05, 0) is 99.0 Å². The molecule has 432 valence electrons. The van der Waals surface area contributed by atoms with Crippen LogP contribution in [0.2, 0.25) is 0 Å². The molecule has 3 aromatic carbocycles. The molecule has 5 N–H and O–H groups in total. The molecule has 3 amide bonds. The number of nitro groups is 2. The topological polar surface area (TPSA) is 272 Å². The second-order valence-electron chi connectivity index (χ2n) is 20.3. The van der Waals surface area contributed by atoms with E-state index in [0.29, 0.717) is 95.9 Å². The number of nitrogens with one attached hydrogen (secondary N) is 5. The predicted molar refractivity (Wildman–Crippen MR) is 297 cm³/mol. The van der Waals surface area contributed by atoms with Gasteiger partial charge < -0.3 is 69.2 Å². The zero-order chi connectivity index (χ0) is 55.8. The molecule has 3 aliphatic heterocycles. The summed E-state index contributed by atoms with van der Waals surface area (Å²) in [5.41, 5.74) is 5.22. The van der Waals surface area contributed by atoms with Crippen molar-refractivity contribution in [2.45, 2.75) is 57.8 Å². The van der Waals surface area contributed by atoms with Gasteiger partial charge in [0.2, 0.25) is 11.8 Å². The smallest absolute Gasteiger partial charge is 0.299 e. The third-order valence-electron chi connectivity index (χ3n) is 14.9. The number of amides is 3. The number of aryl methyl sites for hydroxylation is 1. The number of H-pyrrole nitrogens is 1. The highest BCUT2D eigenvalue weighted by atomic mass is 16.6. The quantitative estimate of drug-likeness (QED) is 0.0206. The van der Waals surface area contributed by atoms with Crippen LogP contribution in [0.25, 0.3) is 10.9 Å². The Balaban J connectivity index is 0.622. The lowest BCUT2D eigenvalue weighted by atomic mass is 9.67. The summed E-state index contributed by atoms with van der Waals surface area (Å²) in [6.07, 6.45) is 4.52. The van der Waals surface area contributed by atoms with Gasteiger partial charge in [0.05, 0.1) is 95.2 Å². The first-order valence-corrected chi connectivity index (χ1v) is 27.7.